The Hall–Kier alpha value is -1.60. The van der Waals surface area contributed by atoms with Gasteiger partial charge in [0.25, 0.3) is 20.4 Å². The molecule has 33 heavy (non-hydrogen) atoms. The summed E-state index contributed by atoms with van der Waals surface area (Å²) < 4.78 is 66.5. The second-order valence-electron chi connectivity index (χ2n) is 7.70. The van der Waals surface area contributed by atoms with Crippen molar-refractivity contribution >= 4 is 43.6 Å². The zero-order chi connectivity index (χ0) is 24.0. The smallest absolute Gasteiger partial charge is 0.293 e. The van der Waals surface area contributed by atoms with Crippen molar-refractivity contribution in [1.29, 1.82) is 0 Å². The number of ether oxygens (including phenoxy) is 2. The monoisotopic (exact) mass is 535 g/mol. The lowest BCUT2D eigenvalue weighted by Crippen LogP contribution is -2.51. The topological polar surface area (TPSA) is 105 Å². The molecule has 2 aliphatic rings. The molecule has 0 spiro atoms. The summed E-state index contributed by atoms with van der Waals surface area (Å²) in [6.07, 6.45) is 0.791. The SMILES string of the molecule is COc1ccc2c(c1Cl)CN(S(=O)(=O)NS(=O)(=O)N1CCc3ccc(OC)c(Cl)c3C1)CC2. The van der Waals surface area contributed by atoms with Crippen molar-refractivity contribution in [2.24, 2.45) is 0 Å². The number of nitrogens with zero attached hydrogens (tertiary/aromatic N) is 2. The van der Waals surface area contributed by atoms with Crippen LogP contribution in [0.1, 0.15) is 22.3 Å². The molecule has 0 aromatic heterocycles. The van der Waals surface area contributed by atoms with E-state index in [0.29, 0.717) is 45.5 Å². The van der Waals surface area contributed by atoms with Crippen molar-refractivity contribution in [3.63, 3.8) is 0 Å². The summed E-state index contributed by atoms with van der Waals surface area (Å²) in [6, 6.07) is 7.11. The van der Waals surface area contributed by atoms with Crippen molar-refractivity contribution < 1.29 is 26.3 Å². The minimum absolute atomic E-state index is 0.0674. The lowest BCUT2D eigenvalue weighted by Gasteiger charge is -2.32. The highest BCUT2D eigenvalue weighted by molar-refractivity contribution is 8.02. The molecular weight excluding hydrogens is 513 g/mol. The van der Waals surface area contributed by atoms with Crippen LogP contribution in [0.3, 0.4) is 0 Å². The lowest BCUT2D eigenvalue weighted by atomic mass is 10.0. The summed E-state index contributed by atoms with van der Waals surface area (Å²) in [5.74, 6) is 0.851. The highest BCUT2D eigenvalue weighted by Crippen LogP contribution is 2.36. The van der Waals surface area contributed by atoms with Gasteiger partial charge >= 0.3 is 0 Å². The maximum absolute atomic E-state index is 13.0. The average Bonchev–Trinajstić information content (AvgIpc) is 2.78. The van der Waals surface area contributed by atoms with Gasteiger partial charge in [-0.25, -0.2) is 0 Å². The molecule has 0 bridgehead atoms. The summed E-state index contributed by atoms with van der Waals surface area (Å²) in [5, 5.41) is 0.628. The molecule has 0 saturated carbocycles. The largest absolute Gasteiger partial charge is 0.495 e. The van der Waals surface area contributed by atoms with E-state index < -0.39 is 20.4 Å². The van der Waals surface area contributed by atoms with Gasteiger partial charge in [-0.1, -0.05) is 39.5 Å². The van der Waals surface area contributed by atoms with E-state index >= 15 is 0 Å². The first-order chi connectivity index (χ1) is 15.6. The Bertz CT molecular complexity index is 1200. The summed E-state index contributed by atoms with van der Waals surface area (Å²) in [5.41, 5.74) is 2.98. The molecule has 2 aromatic rings. The number of fused-ring (bicyclic) bond motifs is 2. The van der Waals surface area contributed by atoms with E-state index in [-0.39, 0.29) is 26.2 Å². The number of hydrogen-bond acceptors (Lipinski definition) is 6. The van der Waals surface area contributed by atoms with E-state index in [1.165, 1.54) is 14.2 Å². The Labute approximate surface area is 203 Å². The molecule has 0 aliphatic carbocycles. The van der Waals surface area contributed by atoms with Gasteiger partial charge in [-0.05, 0) is 47.2 Å². The number of benzene rings is 2. The lowest BCUT2D eigenvalue weighted by molar-refractivity contribution is 0.371. The molecule has 180 valence electrons. The summed E-state index contributed by atoms with van der Waals surface area (Å²) in [7, 11) is -5.81. The maximum atomic E-state index is 13.0. The van der Waals surface area contributed by atoms with Crippen LogP contribution in [0.15, 0.2) is 24.3 Å². The number of hydrogen-bond donors (Lipinski definition) is 1. The Balaban J connectivity index is 1.55. The standard InChI is InChI=1S/C20H23Cl2N3O6S2/c1-30-17-5-3-13-7-9-24(11-15(13)19(17)21)32(26,27)23-33(28,29)25-10-8-14-4-6-18(31-2)20(22)16(14)12-25/h3-6,23H,7-12H2,1-2H3. The number of nitrogens with one attached hydrogen (secondary N) is 1. The molecule has 1 N–H and O–H groups in total. The van der Waals surface area contributed by atoms with Crippen LogP contribution in [0.5, 0.6) is 11.5 Å². The predicted octanol–water partition coefficient (Wildman–Crippen LogP) is 2.51. The van der Waals surface area contributed by atoms with Gasteiger partial charge in [0.05, 0.1) is 24.3 Å². The van der Waals surface area contributed by atoms with Crippen LogP contribution in [0.4, 0.5) is 0 Å². The fraction of sp³-hybridized carbons (Fsp3) is 0.400. The fourth-order valence-corrected chi connectivity index (χ4v) is 7.87. The molecule has 0 fully saturated rings. The van der Waals surface area contributed by atoms with Gasteiger partial charge in [0.15, 0.2) is 0 Å². The van der Waals surface area contributed by atoms with Gasteiger partial charge in [-0.3, -0.25) is 0 Å². The molecule has 0 atom stereocenters. The van der Waals surface area contributed by atoms with Crippen LogP contribution >= 0.6 is 23.2 Å². The Kier molecular flexibility index (Phi) is 6.85. The van der Waals surface area contributed by atoms with Crippen LogP contribution in [-0.4, -0.2) is 52.8 Å². The molecule has 2 aromatic carbocycles. The highest BCUT2D eigenvalue weighted by atomic mass is 35.5. The van der Waals surface area contributed by atoms with E-state index in [1.807, 2.05) is 16.3 Å². The third-order valence-electron chi connectivity index (χ3n) is 5.87. The van der Waals surface area contributed by atoms with Gasteiger partial charge in [0, 0.05) is 26.2 Å². The number of methoxy groups -OCH3 is 2. The fourth-order valence-electron chi connectivity index (χ4n) is 4.06. The molecule has 2 heterocycles. The van der Waals surface area contributed by atoms with Crippen molar-refractivity contribution in [2.45, 2.75) is 25.9 Å². The van der Waals surface area contributed by atoms with Gasteiger partial charge in [-0.15, -0.1) is 0 Å². The van der Waals surface area contributed by atoms with E-state index in [2.05, 4.69) is 0 Å². The van der Waals surface area contributed by atoms with Crippen molar-refractivity contribution in [1.82, 2.24) is 12.7 Å². The number of rotatable bonds is 6. The maximum Gasteiger partial charge on any atom is 0.293 e. The van der Waals surface area contributed by atoms with E-state index in [0.717, 1.165) is 19.7 Å². The van der Waals surface area contributed by atoms with Crippen molar-refractivity contribution in [3.8, 4) is 11.5 Å². The Morgan fingerprint density at radius 1 is 0.758 bits per heavy atom. The van der Waals surface area contributed by atoms with Crippen LogP contribution < -0.4 is 13.6 Å². The third-order valence-corrected chi connectivity index (χ3v) is 10.4. The van der Waals surface area contributed by atoms with E-state index in [1.54, 1.807) is 12.1 Å². The molecule has 13 heteroatoms. The summed E-state index contributed by atoms with van der Waals surface area (Å²) in [4.78, 5) is 0. The van der Waals surface area contributed by atoms with Crippen LogP contribution in [-0.2, 0) is 46.3 Å². The first-order valence-corrected chi connectivity index (χ1v) is 13.7. The molecule has 0 radical (unpaired) electrons. The molecular formula is C20H23Cl2N3O6S2. The molecule has 4 rings (SSSR count). The third kappa shape index (κ3) is 4.68. The minimum atomic E-state index is -4.37. The highest BCUT2D eigenvalue weighted by Gasteiger charge is 2.36. The molecule has 9 nitrogen and oxygen atoms in total. The zero-order valence-electron chi connectivity index (χ0n) is 18.0. The summed E-state index contributed by atoms with van der Waals surface area (Å²) >= 11 is 12.7. The second kappa shape index (κ2) is 9.21. The average molecular weight is 536 g/mol. The van der Waals surface area contributed by atoms with Gasteiger partial charge in [0.2, 0.25) is 0 Å². The van der Waals surface area contributed by atoms with Crippen molar-refractivity contribution in [3.05, 3.63) is 56.6 Å². The molecule has 0 amide bonds. The van der Waals surface area contributed by atoms with E-state index in [9.17, 15) is 16.8 Å². The second-order valence-corrected chi connectivity index (χ2v) is 12.1. The first kappa shape index (κ1) is 24.5. The summed E-state index contributed by atoms with van der Waals surface area (Å²) in [6.45, 7) is 0.100. The van der Waals surface area contributed by atoms with Gasteiger partial charge in [0.1, 0.15) is 11.5 Å². The van der Waals surface area contributed by atoms with Crippen molar-refractivity contribution in [2.75, 3.05) is 27.3 Å². The quantitative estimate of drug-likeness (QED) is 0.609. The van der Waals surface area contributed by atoms with Gasteiger partial charge in [-0.2, -0.15) is 25.4 Å². The number of halogens is 2. The normalized spacial score (nSPS) is 17.3. The molecule has 0 saturated heterocycles. The van der Waals surface area contributed by atoms with Crippen LogP contribution in [0, 0.1) is 0 Å². The molecule has 2 aliphatic heterocycles. The first-order valence-electron chi connectivity index (χ1n) is 10.0. The van der Waals surface area contributed by atoms with E-state index in [4.69, 9.17) is 32.7 Å². The van der Waals surface area contributed by atoms with Crippen LogP contribution in [0.2, 0.25) is 10.0 Å². The zero-order valence-corrected chi connectivity index (χ0v) is 21.1. The Morgan fingerprint density at radius 3 is 1.52 bits per heavy atom. The molecule has 0 unspecified atom stereocenters. The van der Waals surface area contributed by atoms with Gasteiger partial charge < -0.3 is 9.47 Å². The Morgan fingerprint density at radius 2 is 1.15 bits per heavy atom. The minimum Gasteiger partial charge on any atom is -0.495 e. The predicted molar refractivity (Wildman–Crippen MR) is 125 cm³/mol. The van der Waals surface area contributed by atoms with Crippen LogP contribution in [0.25, 0.3) is 0 Å².